The Morgan fingerprint density at radius 2 is 1.78 bits per heavy atom. The highest BCUT2D eigenvalue weighted by atomic mass is 32.1. The van der Waals surface area contributed by atoms with E-state index in [0.29, 0.717) is 68.0 Å². The number of piperidine rings is 1. The molecule has 9 atom stereocenters. The van der Waals surface area contributed by atoms with Crippen molar-refractivity contribution in [1.29, 1.82) is 0 Å². The van der Waals surface area contributed by atoms with Crippen LogP contribution in [0.15, 0.2) is 35.8 Å². The Hall–Kier alpha value is -4.29. The number of esters is 1. The molecule has 10 rings (SSSR count). The number of benzene rings is 1. The number of fused-ring (bicyclic) bond motifs is 8. The first kappa shape index (κ1) is 47.4. The average Bonchev–Trinajstić information content (AvgIpc) is 3.59. The van der Waals surface area contributed by atoms with Gasteiger partial charge in [-0.2, -0.15) is 0 Å². The highest BCUT2D eigenvalue weighted by Gasteiger charge is 2.50. The minimum Gasteiger partial charge on any atom is -0.464 e. The standard InChI is InChI=1S/C52H69N7O8S/c1-9-57-42-14-13-31-18-37(42)39(46(57)38-19-33(21-53-44(38)30(5)63-8)32-16-34-22-64-23-35(17-32)59(34)36-24-65-25-36)20-52(6,7)27-67-51(62)40-12-11-15-58(56-40)50(61)45(55-48(60)43-28(3)29(43)4)47(66-10-2)49-54-41(31)26-68-49/h13-14,18-19,21,26,28-30,32,34-36,40,43,45,47,56H,9-12,15-17,20,22-25,27H2,1-8H3,(H,55,60)/t28-,29+,30-,34+,35+,40-,43+,45-,47-/m0/s1. The summed E-state index contributed by atoms with van der Waals surface area (Å²) < 4.78 is 32.9. The highest BCUT2D eigenvalue weighted by Crippen LogP contribution is 2.47. The maximum Gasteiger partial charge on any atom is 0.324 e. The summed E-state index contributed by atoms with van der Waals surface area (Å²) >= 11 is 1.42. The molecule has 2 N–H and O–H groups in total. The lowest BCUT2D eigenvalue weighted by Gasteiger charge is -2.53. The van der Waals surface area contributed by atoms with Crippen molar-refractivity contribution < 1.29 is 38.1 Å². The van der Waals surface area contributed by atoms with Crippen molar-refractivity contribution in [3.05, 3.63) is 57.7 Å². The zero-order valence-corrected chi connectivity index (χ0v) is 41.7. The van der Waals surface area contributed by atoms with E-state index in [0.717, 1.165) is 83.9 Å². The topological polar surface area (TPSA) is 159 Å². The molecule has 366 valence electrons. The van der Waals surface area contributed by atoms with E-state index >= 15 is 0 Å². The second-order valence-electron chi connectivity index (χ2n) is 21.0. The predicted octanol–water partition coefficient (Wildman–Crippen LogP) is 6.99. The number of nitrogens with zero attached hydrogens (tertiary/aromatic N) is 5. The largest absolute Gasteiger partial charge is 0.464 e. The lowest BCUT2D eigenvalue weighted by molar-refractivity contribution is -0.159. The number of aryl methyl sites for hydroxylation is 1. The molecule has 15 nitrogen and oxygen atoms in total. The molecule has 16 heteroatoms. The molecule has 1 aromatic carbocycles. The van der Waals surface area contributed by atoms with Crippen LogP contribution in [-0.2, 0) is 51.0 Å². The molecule has 3 aromatic heterocycles. The van der Waals surface area contributed by atoms with E-state index in [-0.39, 0.29) is 42.3 Å². The van der Waals surface area contributed by atoms with Gasteiger partial charge in [-0.3, -0.25) is 29.3 Å². The van der Waals surface area contributed by atoms with Crippen LogP contribution in [0.3, 0.4) is 0 Å². The van der Waals surface area contributed by atoms with Crippen LogP contribution < -0.4 is 10.7 Å². The van der Waals surface area contributed by atoms with Gasteiger partial charge >= 0.3 is 5.97 Å². The average molecular weight is 952 g/mol. The molecule has 6 aliphatic rings. The Morgan fingerprint density at radius 1 is 1.04 bits per heavy atom. The molecule has 4 aromatic rings. The number of morpholine rings is 1. The van der Waals surface area contributed by atoms with Crippen LogP contribution in [0.25, 0.3) is 33.4 Å². The first-order valence-electron chi connectivity index (χ1n) is 25.0. The van der Waals surface area contributed by atoms with Crippen LogP contribution in [-0.4, -0.2) is 126 Å². The van der Waals surface area contributed by atoms with Crippen LogP contribution in [0.2, 0.25) is 0 Å². The van der Waals surface area contributed by atoms with Crippen molar-refractivity contribution in [3.63, 3.8) is 0 Å². The van der Waals surface area contributed by atoms with Crippen LogP contribution >= 0.6 is 11.3 Å². The maximum absolute atomic E-state index is 14.7. The second-order valence-corrected chi connectivity index (χ2v) is 21.9. The van der Waals surface area contributed by atoms with Crippen LogP contribution in [0, 0.1) is 23.2 Å². The van der Waals surface area contributed by atoms with Gasteiger partial charge in [0, 0.05) is 83.8 Å². The van der Waals surface area contributed by atoms with Gasteiger partial charge in [-0.1, -0.05) is 33.8 Å². The van der Waals surface area contributed by atoms with Crippen molar-refractivity contribution in [2.45, 2.75) is 135 Å². The fourth-order valence-corrected chi connectivity index (χ4v) is 12.7. The molecule has 5 fully saturated rings. The van der Waals surface area contributed by atoms with Crippen molar-refractivity contribution in [2.75, 3.05) is 53.3 Å². The molecule has 0 spiro atoms. The molecule has 5 aliphatic heterocycles. The molecule has 8 bridgehead atoms. The number of methoxy groups -OCH3 is 1. The van der Waals surface area contributed by atoms with E-state index in [4.69, 9.17) is 33.7 Å². The lowest BCUT2D eigenvalue weighted by Crippen LogP contribution is -2.64. The van der Waals surface area contributed by atoms with E-state index in [2.05, 4.69) is 92.2 Å². The van der Waals surface area contributed by atoms with E-state index < -0.39 is 29.6 Å². The minimum absolute atomic E-state index is 0.156. The second kappa shape index (κ2) is 19.1. The number of hydrogen-bond acceptors (Lipinski definition) is 13. The number of cyclic esters (lactones) is 1. The number of carbonyl (C=O) groups is 3. The molecule has 4 saturated heterocycles. The Bertz CT molecular complexity index is 2520. The van der Waals surface area contributed by atoms with Crippen LogP contribution in [0.4, 0.5) is 0 Å². The monoisotopic (exact) mass is 951 g/mol. The van der Waals surface area contributed by atoms with Gasteiger partial charge in [0.2, 0.25) is 5.91 Å². The summed E-state index contributed by atoms with van der Waals surface area (Å²) in [5, 5.41) is 8.27. The molecular formula is C52H69N7O8S. The van der Waals surface area contributed by atoms with Crippen LogP contribution in [0.1, 0.15) is 114 Å². The number of aromatic nitrogens is 3. The molecule has 68 heavy (non-hydrogen) atoms. The smallest absolute Gasteiger partial charge is 0.324 e. The molecule has 1 saturated carbocycles. The Labute approximate surface area is 403 Å². The Balaban J connectivity index is 1.10. The normalized spacial score (nSPS) is 30.4. The third-order valence-corrected chi connectivity index (χ3v) is 16.8. The van der Waals surface area contributed by atoms with Gasteiger partial charge in [-0.25, -0.2) is 10.4 Å². The first-order valence-corrected chi connectivity index (χ1v) is 25.9. The van der Waals surface area contributed by atoms with Crippen molar-refractivity contribution in [3.8, 4) is 22.5 Å². The highest BCUT2D eigenvalue weighted by molar-refractivity contribution is 7.10. The number of thiazole rings is 1. The van der Waals surface area contributed by atoms with Crippen molar-refractivity contribution >= 4 is 40.0 Å². The summed E-state index contributed by atoms with van der Waals surface area (Å²) in [5.41, 5.74) is 10.8. The first-order chi connectivity index (χ1) is 32.8. The molecule has 0 radical (unpaired) electrons. The quantitative estimate of drug-likeness (QED) is 0.157. The number of carbonyl (C=O) groups excluding carboxylic acids is 3. The number of hydrogen-bond donors (Lipinski definition) is 2. The minimum atomic E-state index is -1.08. The summed E-state index contributed by atoms with van der Waals surface area (Å²) in [5.74, 6) is -0.430. The number of ether oxygens (including phenoxy) is 5. The Morgan fingerprint density at radius 3 is 2.46 bits per heavy atom. The van der Waals surface area contributed by atoms with Gasteiger partial charge in [-0.05, 0) is 100.0 Å². The van der Waals surface area contributed by atoms with Gasteiger partial charge in [0.25, 0.3) is 5.91 Å². The number of hydrazine groups is 1. The van der Waals surface area contributed by atoms with Gasteiger partial charge in [0.1, 0.15) is 23.2 Å². The maximum atomic E-state index is 14.7. The summed E-state index contributed by atoms with van der Waals surface area (Å²) in [7, 11) is 1.74. The molecule has 1 aliphatic carbocycles. The van der Waals surface area contributed by atoms with Gasteiger partial charge in [-0.15, -0.1) is 11.3 Å². The summed E-state index contributed by atoms with van der Waals surface area (Å²) in [6, 6.07) is 8.23. The number of amides is 2. The van der Waals surface area contributed by atoms with Gasteiger partial charge in [0.15, 0.2) is 0 Å². The molecule has 0 unspecified atom stereocenters. The summed E-state index contributed by atoms with van der Waals surface area (Å²) in [6.07, 6.45) is 4.60. The zero-order chi connectivity index (χ0) is 47.6. The SMILES string of the molecule is CCO[C@@H]1c2nc(cs2)-c2ccc3c(c2)c(c(-c2cc(C4C[C@@H]5COC[C@@H](C4)N5C4COC4)cnc2[C@H](C)OC)n3CC)CC(C)(C)COC(=O)[C@@H]2CCCN(N2)C(=O)[C@H]1NC(=O)[C@H]1[C@H](C)[C@@H]1C. The zero-order valence-electron chi connectivity index (χ0n) is 40.9. The molecule has 2 amide bonds. The van der Waals surface area contributed by atoms with Crippen LogP contribution in [0.5, 0.6) is 0 Å². The van der Waals surface area contributed by atoms with Gasteiger partial charge in [0.05, 0.1) is 62.3 Å². The third-order valence-electron chi connectivity index (χ3n) is 15.9. The van der Waals surface area contributed by atoms with E-state index in [1.807, 2.05) is 12.3 Å². The number of pyridine rings is 1. The number of nitrogens with one attached hydrogen (secondary N) is 2. The fraction of sp³-hybridized carbons (Fsp3) is 0.635. The summed E-state index contributed by atoms with van der Waals surface area (Å²) in [4.78, 5) is 55.7. The fourth-order valence-electron chi connectivity index (χ4n) is 11.8. The third kappa shape index (κ3) is 8.81. The number of rotatable bonds is 10. The van der Waals surface area contributed by atoms with Crippen molar-refractivity contribution in [2.24, 2.45) is 23.2 Å². The van der Waals surface area contributed by atoms with Gasteiger partial charge < -0.3 is 33.6 Å². The summed E-state index contributed by atoms with van der Waals surface area (Å²) in [6.45, 7) is 19.1. The van der Waals surface area contributed by atoms with Crippen molar-refractivity contribution in [1.82, 2.24) is 35.2 Å². The van der Waals surface area contributed by atoms with E-state index in [1.54, 1.807) is 7.11 Å². The molecular weight excluding hydrogens is 883 g/mol. The predicted molar refractivity (Wildman–Crippen MR) is 259 cm³/mol. The van der Waals surface area contributed by atoms with E-state index in [1.165, 1.54) is 21.9 Å². The van der Waals surface area contributed by atoms with E-state index in [9.17, 15) is 14.4 Å². The Kier molecular flexibility index (Phi) is 13.3. The molecule has 8 heterocycles. The lowest BCUT2D eigenvalue weighted by atomic mass is 9.79.